The number of alkyl halides is 3. The zero-order valence-corrected chi connectivity index (χ0v) is 11.6. The molecule has 1 aliphatic carbocycles. The fraction of sp³-hybridized carbons (Fsp3) is 0.643. The normalized spacial score (nSPS) is 25.2. The predicted octanol–water partition coefficient (Wildman–Crippen LogP) is 3.47. The summed E-state index contributed by atoms with van der Waals surface area (Å²) in [4.78, 5) is 14.6. The molecule has 7 heteroatoms. The molecule has 3 unspecified atom stereocenters. The zero-order valence-electron chi connectivity index (χ0n) is 11.6. The molecule has 0 aromatic rings. The lowest BCUT2D eigenvalue weighted by molar-refractivity contribution is -0.138. The molecule has 0 aliphatic heterocycles. The first kappa shape index (κ1) is 17.4. The Morgan fingerprint density at radius 2 is 2.05 bits per heavy atom. The molecule has 2 N–H and O–H groups in total. The summed E-state index contributed by atoms with van der Waals surface area (Å²) in [6.45, 7) is 3.60. The third-order valence-corrected chi connectivity index (χ3v) is 3.66. The Balaban J connectivity index is 3.13. The number of halogens is 3. The lowest BCUT2D eigenvalue weighted by Gasteiger charge is -2.29. The van der Waals surface area contributed by atoms with Crippen molar-refractivity contribution in [3.63, 3.8) is 0 Å². The topological polar surface area (TPSA) is 73.5 Å². The van der Waals surface area contributed by atoms with Gasteiger partial charge in [-0.2, -0.15) is 13.2 Å². The summed E-state index contributed by atoms with van der Waals surface area (Å²) in [6.07, 6.45) is 0.597. The number of aliphatic imine (C=N–C) groups is 1. The first-order chi connectivity index (χ1) is 9.81. The SMILES string of the molecule is C=CCC1CCCCC1N=C(C(C=N)C(=O)O)C(F)(F)F. The van der Waals surface area contributed by atoms with Crippen LogP contribution in [-0.4, -0.2) is 35.2 Å². The number of aliphatic carboxylic acids is 1. The van der Waals surface area contributed by atoms with Gasteiger partial charge in [0, 0.05) is 6.21 Å². The molecule has 0 aromatic heterocycles. The minimum absolute atomic E-state index is 0.0474. The van der Waals surface area contributed by atoms with E-state index in [1.807, 2.05) is 0 Å². The van der Waals surface area contributed by atoms with Crippen molar-refractivity contribution in [2.24, 2.45) is 16.8 Å². The Morgan fingerprint density at radius 1 is 1.43 bits per heavy atom. The Hall–Kier alpha value is -1.66. The summed E-state index contributed by atoms with van der Waals surface area (Å²) < 4.78 is 39.2. The van der Waals surface area contributed by atoms with E-state index in [0.29, 0.717) is 12.8 Å². The van der Waals surface area contributed by atoms with E-state index in [4.69, 9.17) is 10.5 Å². The van der Waals surface area contributed by atoms with Gasteiger partial charge in [0.15, 0.2) is 0 Å². The van der Waals surface area contributed by atoms with Gasteiger partial charge in [0.2, 0.25) is 0 Å². The minimum Gasteiger partial charge on any atom is -0.480 e. The van der Waals surface area contributed by atoms with Gasteiger partial charge in [-0.15, -0.1) is 6.58 Å². The molecule has 1 rings (SSSR count). The molecule has 0 saturated heterocycles. The number of nitrogens with zero attached hydrogens (tertiary/aromatic N) is 1. The summed E-state index contributed by atoms with van der Waals surface area (Å²) in [6, 6.07) is -0.560. The lowest BCUT2D eigenvalue weighted by atomic mass is 9.82. The lowest BCUT2D eigenvalue weighted by Crippen LogP contribution is -2.38. The van der Waals surface area contributed by atoms with Crippen LogP contribution in [0.2, 0.25) is 0 Å². The van der Waals surface area contributed by atoms with Crippen molar-refractivity contribution >= 4 is 17.9 Å². The van der Waals surface area contributed by atoms with Crippen LogP contribution in [-0.2, 0) is 4.79 Å². The Labute approximate surface area is 121 Å². The second-order valence-corrected chi connectivity index (χ2v) is 5.13. The van der Waals surface area contributed by atoms with Gasteiger partial charge in [-0.05, 0) is 25.2 Å². The van der Waals surface area contributed by atoms with Gasteiger partial charge < -0.3 is 10.5 Å². The third kappa shape index (κ3) is 4.68. The highest BCUT2D eigenvalue weighted by atomic mass is 19.4. The molecular weight excluding hydrogens is 285 g/mol. The van der Waals surface area contributed by atoms with Crippen LogP contribution >= 0.6 is 0 Å². The summed E-state index contributed by atoms with van der Waals surface area (Å²) in [5.74, 6) is -3.80. The fourth-order valence-corrected chi connectivity index (χ4v) is 2.62. The molecule has 1 saturated carbocycles. The van der Waals surface area contributed by atoms with Gasteiger partial charge in [0.25, 0.3) is 0 Å². The van der Waals surface area contributed by atoms with Crippen molar-refractivity contribution in [2.45, 2.75) is 44.3 Å². The molecule has 21 heavy (non-hydrogen) atoms. The van der Waals surface area contributed by atoms with Gasteiger partial charge >= 0.3 is 12.1 Å². The molecule has 0 amide bonds. The summed E-state index contributed by atoms with van der Waals surface area (Å²) in [5, 5.41) is 15.8. The van der Waals surface area contributed by atoms with Crippen LogP contribution < -0.4 is 0 Å². The van der Waals surface area contributed by atoms with E-state index < -0.39 is 29.8 Å². The quantitative estimate of drug-likeness (QED) is 0.582. The zero-order chi connectivity index (χ0) is 16.0. The second-order valence-electron chi connectivity index (χ2n) is 5.13. The first-order valence-corrected chi connectivity index (χ1v) is 6.80. The van der Waals surface area contributed by atoms with E-state index >= 15 is 0 Å². The van der Waals surface area contributed by atoms with Crippen LogP contribution in [0, 0.1) is 17.2 Å². The highest BCUT2D eigenvalue weighted by Gasteiger charge is 2.44. The van der Waals surface area contributed by atoms with Crippen LogP contribution in [0.15, 0.2) is 17.6 Å². The van der Waals surface area contributed by atoms with Crippen LogP contribution in [0.4, 0.5) is 13.2 Å². The monoisotopic (exact) mass is 304 g/mol. The van der Waals surface area contributed by atoms with Crippen molar-refractivity contribution in [3.05, 3.63) is 12.7 Å². The number of carboxylic acid groups (broad SMARTS) is 1. The number of hydrogen-bond donors (Lipinski definition) is 2. The van der Waals surface area contributed by atoms with Gasteiger partial charge in [-0.25, -0.2) is 0 Å². The molecule has 0 radical (unpaired) electrons. The van der Waals surface area contributed by atoms with Gasteiger partial charge in [0.1, 0.15) is 11.6 Å². The number of carbonyl (C=O) groups is 1. The Bertz CT molecular complexity index is 432. The predicted molar refractivity (Wildman–Crippen MR) is 74.0 cm³/mol. The number of carboxylic acids is 1. The maximum atomic E-state index is 13.1. The van der Waals surface area contributed by atoms with Gasteiger partial charge in [0.05, 0.1) is 6.04 Å². The molecule has 4 nitrogen and oxygen atoms in total. The van der Waals surface area contributed by atoms with Crippen LogP contribution in [0.1, 0.15) is 32.1 Å². The van der Waals surface area contributed by atoms with E-state index in [1.165, 1.54) is 0 Å². The van der Waals surface area contributed by atoms with Crippen molar-refractivity contribution in [2.75, 3.05) is 0 Å². The second kappa shape index (κ2) is 7.38. The van der Waals surface area contributed by atoms with E-state index in [2.05, 4.69) is 11.6 Å². The first-order valence-electron chi connectivity index (χ1n) is 6.80. The smallest absolute Gasteiger partial charge is 0.430 e. The Kier molecular flexibility index (Phi) is 6.11. The standard InChI is InChI=1S/C14H19F3N2O2/c1-2-5-9-6-3-4-7-11(9)19-12(14(15,16)17)10(8-18)13(20)21/h2,8-11,18H,1,3-7H2,(H,20,21). The van der Waals surface area contributed by atoms with E-state index in [0.717, 1.165) is 19.3 Å². The van der Waals surface area contributed by atoms with Crippen LogP contribution in [0.25, 0.3) is 0 Å². The average Bonchev–Trinajstić information content (AvgIpc) is 2.39. The summed E-state index contributed by atoms with van der Waals surface area (Å²) >= 11 is 0. The molecule has 1 aliphatic rings. The third-order valence-electron chi connectivity index (χ3n) is 3.66. The number of rotatable bonds is 6. The molecule has 0 spiro atoms. The maximum absolute atomic E-state index is 13.1. The van der Waals surface area contributed by atoms with Crippen LogP contribution in [0.3, 0.4) is 0 Å². The molecule has 118 valence electrons. The highest BCUT2D eigenvalue weighted by Crippen LogP contribution is 2.32. The number of allylic oxidation sites excluding steroid dienone is 1. The van der Waals surface area contributed by atoms with E-state index in [1.54, 1.807) is 6.08 Å². The molecule has 0 bridgehead atoms. The van der Waals surface area contributed by atoms with Gasteiger partial charge in [-0.3, -0.25) is 9.79 Å². The molecular formula is C14H19F3N2O2. The molecule has 3 atom stereocenters. The van der Waals surface area contributed by atoms with Crippen LogP contribution in [0.5, 0.6) is 0 Å². The number of hydrogen-bond acceptors (Lipinski definition) is 3. The highest BCUT2D eigenvalue weighted by molar-refractivity contribution is 6.15. The molecule has 1 fully saturated rings. The molecule has 0 heterocycles. The average molecular weight is 304 g/mol. The van der Waals surface area contributed by atoms with E-state index in [9.17, 15) is 18.0 Å². The van der Waals surface area contributed by atoms with E-state index in [-0.39, 0.29) is 12.1 Å². The van der Waals surface area contributed by atoms with Gasteiger partial charge in [-0.1, -0.05) is 18.9 Å². The van der Waals surface area contributed by atoms with Crippen molar-refractivity contribution in [1.82, 2.24) is 0 Å². The van der Waals surface area contributed by atoms with Crippen molar-refractivity contribution in [3.8, 4) is 0 Å². The van der Waals surface area contributed by atoms with Crippen molar-refractivity contribution in [1.29, 1.82) is 5.41 Å². The molecule has 0 aromatic carbocycles. The summed E-state index contributed by atoms with van der Waals surface area (Å²) in [5.41, 5.74) is -1.38. The summed E-state index contributed by atoms with van der Waals surface area (Å²) in [7, 11) is 0. The minimum atomic E-state index is -4.85. The largest absolute Gasteiger partial charge is 0.480 e. The van der Waals surface area contributed by atoms with Crippen molar-refractivity contribution < 1.29 is 23.1 Å². The maximum Gasteiger partial charge on any atom is 0.430 e. The number of nitrogens with one attached hydrogen (secondary N) is 1. The Morgan fingerprint density at radius 3 is 2.52 bits per heavy atom. The fourth-order valence-electron chi connectivity index (χ4n) is 2.62.